The van der Waals surface area contributed by atoms with Gasteiger partial charge in [0.25, 0.3) is 11.8 Å². The van der Waals surface area contributed by atoms with Crippen LogP contribution in [0.15, 0.2) is 41.3 Å². The Balaban J connectivity index is 0.000000466. The average molecular weight is 642 g/mol. The zero-order valence-corrected chi connectivity index (χ0v) is 28.1. The number of hydrogen-bond acceptors (Lipinski definition) is 4. The first kappa shape index (κ1) is 33.2. The summed E-state index contributed by atoms with van der Waals surface area (Å²) >= 11 is 14.3. The summed E-state index contributed by atoms with van der Waals surface area (Å²) in [4.78, 5) is 34.5. The fraction of sp³-hybridized carbons (Fsp3) is 0.412. The Morgan fingerprint density at radius 2 is 1.60 bits per heavy atom. The van der Waals surface area contributed by atoms with E-state index >= 15 is 0 Å². The van der Waals surface area contributed by atoms with Crippen LogP contribution in [0.3, 0.4) is 0 Å². The Bertz CT molecular complexity index is 1470. The second-order valence-corrected chi connectivity index (χ2v) is 12.7. The van der Waals surface area contributed by atoms with E-state index in [0.717, 1.165) is 64.6 Å². The van der Waals surface area contributed by atoms with Crippen LogP contribution in [0.1, 0.15) is 78.0 Å². The number of aromatic nitrogens is 1. The molecule has 43 heavy (non-hydrogen) atoms. The minimum atomic E-state index is -0.157. The van der Waals surface area contributed by atoms with Crippen LogP contribution in [0.5, 0.6) is 0 Å². The highest BCUT2D eigenvalue weighted by molar-refractivity contribution is 7.98. The normalized spacial score (nSPS) is 16.9. The molecule has 0 aliphatic carbocycles. The molecule has 0 saturated carbocycles. The number of amides is 2. The number of halogens is 2. The summed E-state index contributed by atoms with van der Waals surface area (Å²) < 4.78 is 0. The van der Waals surface area contributed by atoms with E-state index in [1.54, 1.807) is 11.8 Å². The van der Waals surface area contributed by atoms with E-state index in [2.05, 4.69) is 22.2 Å². The van der Waals surface area contributed by atoms with Crippen molar-refractivity contribution < 1.29 is 9.59 Å². The van der Waals surface area contributed by atoms with Crippen molar-refractivity contribution in [1.82, 2.24) is 14.8 Å². The number of hydrogen-bond donors (Lipinski definition) is 2. The number of rotatable bonds is 5. The molecule has 0 atom stereocenters. The molecule has 2 N–H and O–H groups in total. The van der Waals surface area contributed by atoms with Gasteiger partial charge in [-0.3, -0.25) is 9.59 Å². The second kappa shape index (κ2) is 15.3. The molecular formula is C34H42Cl2N4O2S. The molecule has 0 radical (unpaired) electrons. The van der Waals surface area contributed by atoms with Crippen LogP contribution in [0, 0.1) is 13.8 Å². The van der Waals surface area contributed by atoms with Gasteiger partial charge in [-0.05, 0) is 107 Å². The van der Waals surface area contributed by atoms with Gasteiger partial charge in [0.1, 0.15) is 0 Å². The second-order valence-electron chi connectivity index (χ2n) is 10.9. The van der Waals surface area contributed by atoms with E-state index in [-0.39, 0.29) is 11.8 Å². The fourth-order valence-electron chi connectivity index (χ4n) is 5.56. The van der Waals surface area contributed by atoms with Gasteiger partial charge in [0, 0.05) is 56.4 Å². The minimum absolute atomic E-state index is 0.0617. The highest BCUT2D eigenvalue weighted by Gasteiger charge is 2.28. The van der Waals surface area contributed by atoms with Gasteiger partial charge in [-0.15, -0.1) is 11.8 Å². The van der Waals surface area contributed by atoms with Gasteiger partial charge in [-0.2, -0.15) is 0 Å². The maximum Gasteiger partial charge on any atom is 0.256 e. The predicted molar refractivity (Wildman–Crippen MR) is 182 cm³/mol. The van der Waals surface area contributed by atoms with E-state index in [0.29, 0.717) is 26.9 Å². The quantitative estimate of drug-likeness (QED) is 0.216. The smallest absolute Gasteiger partial charge is 0.256 e. The average Bonchev–Trinajstić information content (AvgIpc) is 3.80. The van der Waals surface area contributed by atoms with Crippen LogP contribution in [0.25, 0.3) is 11.6 Å². The fourth-order valence-corrected chi connectivity index (χ4v) is 7.24. The number of nitrogens with one attached hydrogen (secondary N) is 2. The number of nitrogens with zero attached hydrogens (tertiary/aromatic N) is 2. The summed E-state index contributed by atoms with van der Waals surface area (Å²) in [5.74, 6) is 0.524. The zero-order valence-electron chi connectivity index (χ0n) is 25.8. The Morgan fingerprint density at radius 3 is 2.21 bits per heavy atom. The van der Waals surface area contributed by atoms with Crippen LogP contribution in [0.2, 0.25) is 10.0 Å². The number of carbonyl (C=O) groups is 2. The molecule has 2 fully saturated rings. The predicted octanol–water partition coefficient (Wildman–Crippen LogP) is 8.70. The number of likely N-dealkylation sites (tertiary alicyclic amines) is 2. The van der Waals surface area contributed by atoms with Crippen molar-refractivity contribution in [2.75, 3.05) is 38.5 Å². The molecule has 0 bridgehead atoms. The maximum absolute atomic E-state index is 13.1. The van der Waals surface area contributed by atoms with E-state index in [1.165, 1.54) is 25.9 Å². The summed E-state index contributed by atoms with van der Waals surface area (Å²) in [6.07, 6.45) is 6.77. The largest absolute Gasteiger partial charge is 0.358 e. The van der Waals surface area contributed by atoms with Gasteiger partial charge >= 0.3 is 0 Å². The van der Waals surface area contributed by atoms with Gasteiger partial charge in [0.05, 0.1) is 11.1 Å². The topological polar surface area (TPSA) is 68.4 Å². The number of carbonyl (C=O) groups excluding carboxylic acids is 2. The Hall–Kier alpha value is -2.71. The molecule has 3 aromatic rings. The van der Waals surface area contributed by atoms with E-state index in [1.807, 2.05) is 75.1 Å². The van der Waals surface area contributed by atoms with Gasteiger partial charge in [-0.1, -0.05) is 43.1 Å². The Kier molecular flexibility index (Phi) is 11.8. The number of anilines is 1. The highest BCUT2D eigenvalue weighted by atomic mass is 35.5. The van der Waals surface area contributed by atoms with Crippen LogP contribution < -0.4 is 5.32 Å². The monoisotopic (exact) mass is 640 g/mol. The molecule has 230 valence electrons. The summed E-state index contributed by atoms with van der Waals surface area (Å²) in [6.45, 7) is 12.1. The van der Waals surface area contributed by atoms with Gasteiger partial charge in [-0.25, -0.2) is 0 Å². The van der Waals surface area contributed by atoms with Gasteiger partial charge < -0.3 is 20.1 Å². The summed E-state index contributed by atoms with van der Waals surface area (Å²) in [5.41, 5.74) is 6.25. The zero-order chi connectivity index (χ0) is 31.1. The molecule has 2 saturated heterocycles. The van der Waals surface area contributed by atoms with Crippen LogP contribution in [0.4, 0.5) is 5.69 Å². The molecule has 2 amide bonds. The summed E-state index contributed by atoms with van der Waals surface area (Å²) in [7, 11) is 2.17. The molecule has 1 aromatic heterocycles. The van der Waals surface area contributed by atoms with Crippen molar-refractivity contribution in [3.05, 3.63) is 80.1 Å². The first-order valence-electron chi connectivity index (χ1n) is 15.1. The summed E-state index contributed by atoms with van der Waals surface area (Å²) in [6, 6.07) is 11.4. The number of H-pyrrole nitrogens is 1. The van der Waals surface area contributed by atoms with E-state index in [4.69, 9.17) is 23.2 Å². The molecule has 3 aliphatic heterocycles. The highest BCUT2D eigenvalue weighted by Crippen LogP contribution is 2.38. The summed E-state index contributed by atoms with van der Waals surface area (Å²) in [5, 5.41) is 4.23. The SMILES string of the molecule is CC.CN1CCCC1.Cc1[nH]c(/C=C2\C(=O)Nc3ccc(SCc4c(Cl)cccc4Cl)cc32)c(C)c1C(=O)N1CCCC1. The van der Waals surface area contributed by atoms with Crippen molar-refractivity contribution in [3.8, 4) is 0 Å². The first-order valence-corrected chi connectivity index (χ1v) is 16.9. The number of benzene rings is 2. The third kappa shape index (κ3) is 7.88. The van der Waals surface area contributed by atoms with Crippen molar-refractivity contribution in [2.24, 2.45) is 0 Å². The maximum atomic E-state index is 13.1. The minimum Gasteiger partial charge on any atom is -0.358 e. The lowest BCUT2D eigenvalue weighted by atomic mass is 10.0. The van der Waals surface area contributed by atoms with Crippen LogP contribution >= 0.6 is 35.0 Å². The third-order valence-corrected chi connectivity index (χ3v) is 9.65. The standard InChI is InChI=1S/C27H25Cl2N3O2S.C5H11N.C2H6/c1-15-24(30-16(2)25(15)27(34)32-10-3-4-11-32)13-19-18-12-17(8-9-23(18)31-26(19)33)35-14-20-21(28)6-5-7-22(20)29;1-6-4-2-3-5-6;1-2/h5-9,12-13,30H,3-4,10-11,14H2,1-2H3,(H,31,33);2-5H2,1H3;1-2H3/b19-13-;;. The van der Waals surface area contributed by atoms with Crippen LogP contribution in [-0.2, 0) is 10.5 Å². The molecule has 6 nitrogen and oxygen atoms in total. The molecule has 9 heteroatoms. The number of aryl methyl sites for hydroxylation is 1. The lowest BCUT2D eigenvalue weighted by Crippen LogP contribution is -2.28. The number of fused-ring (bicyclic) bond motifs is 1. The van der Waals surface area contributed by atoms with Crippen molar-refractivity contribution in [3.63, 3.8) is 0 Å². The molecule has 6 rings (SSSR count). The lowest BCUT2D eigenvalue weighted by Gasteiger charge is -2.15. The number of thioether (sulfide) groups is 1. The molecule has 3 aliphatic rings. The molecule has 4 heterocycles. The lowest BCUT2D eigenvalue weighted by molar-refractivity contribution is -0.110. The van der Waals surface area contributed by atoms with Crippen molar-refractivity contribution >= 4 is 64.1 Å². The first-order chi connectivity index (χ1) is 20.7. The Labute approximate surface area is 270 Å². The number of aromatic amines is 1. The van der Waals surface area contributed by atoms with Crippen molar-refractivity contribution in [2.45, 2.75) is 64.0 Å². The molecule has 0 unspecified atom stereocenters. The van der Waals surface area contributed by atoms with Gasteiger partial charge in [0.15, 0.2) is 0 Å². The van der Waals surface area contributed by atoms with E-state index in [9.17, 15) is 9.59 Å². The van der Waals surface area contributed by atoms with Crippen molar-refractivity contribution in [1.29, 1.82) is 0 Å². The van der Waals surface area contributed by atoms with Gasteiger partial charge in [0.2, 0.25) is 0 Å². The molecule has 0 spiro atoms. The van der Waals surface area contributed by atoms with E-state index < -0.39 is 0 Å². The third-order valence-electron chi connectivity index (χ3n) is 7.92. The molecular weight excluding hydrogens is 599 g/mol. The Morgan fingerprint density at radius 1 is 0.977 bits per heavy atom. The molecule has 2 aromatic carbocycles. The van der Waals surface area contributed by atoms with Crippen LogP contribution in [-0.4, -0.2) is 59.8 Å².